The lowest BCUT2D eigenvalue weighted by Gasteiger charge is -2.18. The lowest BCUT2D eigenvalue weighted by atomic mass is 10.1. The molecule has 0 fully saturated rings. The van der Waals surface area contributed by atoms with Crippen LogP contribution in [-0.2, 0) is 4.84 Å². The van der Waals surface area contributed by atoms with Gasteiger partial charge in [-0.15, -0.1) is 0 Å². The number of hydrogen-bond donors (Lipinski definition) is 1. The Morgan fingerprint density at radius 3 is 2.81 bits per heavy atom. The van der Waals surface area contributed by atoms with Gasteiger partial charge in [0.05, 0.1) is 6.20 Å². The van der Waals surface area contributed by atoms with Gasteiger partial charge in [-0.2, -0.15) is 0 Å². The topological polar surface area (TPSA) is 118 Å². The van der Waals surface area contributed by atoms with Crippen LogP contribution in [0.2, 0.25) is 5.02 Å². The minimum Gasteiger partial charge on any atom is -0.486 e. The molecule has 164 valence electrons. The van der Waals surface area contributed by atoms with Crippen LogP contribution in [-0.4, -0.2) is 41.4 Å². The van der Waals surface area contributed by atoms with Crippen molar-refractivity contribution in [2.24, 2.45) is 10.9 Å². The molecule has 0 radical (unpaired) electrons. The molecule has 0 bridgehead atoms. The van der Waals surface area contributed by atoms with Crippen LogP contribution in [0.5, 0.6) is 23.0 Å². The fraction of sp³-hybridized carbons (Fsp3) is 0.182. The highest BCUT2D eigenvalue weighted by molar-refractivity contribution is 6.30. The van der Waals surface area contributed by atoms with Gasteiger partial charge >= 0.3 is 0 Å². The van der Waals surface area contributed by atoms with Crippen LogP contribution in [0.25, 0.3) is 0 Å². The molecule has 3 aromatic rings. The van der Waals surface area contributed by atoms with Crippen molar-refractivity contribution in [2.45, 2.75) is 6.92 Å². The zero-order chi connectivity index (χ0) is 22.5. The van der Waals surface area contributed by atoms with Gasteiger partial charge in [-0.1, -0.05) is 22.8 Å². The quantitative estimate of drug-likeness (QED) is 0.249. The van der Waals surface area contributed by atoms with Crippen LogP contribution in [0.1, 0.15) is 21.9 Å². The maximum Gasteiger partial charge on any atom is 0.203 e. The Balaban J connectivity index is 1.46. The molecule has 2 aromatic carbocycles. The van der Waals surface area contributed by atoms with Gasteiger partial charge in [-0.05, 0) is 43.3 Å². The average Bonchev–Trinajstić information content (AvgIpc) is 2.79. The first-order valence-electron chi connectivity index (χ1n) is 9.65. The summed E-state index contributed by atoms with van der Waals surface area (Å²) in [6, 6.07) is 11.8. The van der Waals surface area contributed by atoms with E-state index in [1.165, 1.54) is 6.20 Å². The van der Waals surface area contributed by atoms with E-state index in [2.05, 4.69) is 15.1 Å². The van der Waals surface area contributed by atoms with E-state index in [1.807, 2.05) is 0 Å². The minimum atomic E-state index is -0.325. The molecule has 1 aliphatic heterocycles. The second-order valence-electron chi connectivity index (χ2n) is 6.72. The lowest BCUT2D eigenvalue weighted by Crippen LogP contribution is -2.19. The van der Waals surface area contributed by atoms with Crippen molar-refractivity contribution in [1.29, 1.82) is 0 Å². The molecule has 0 unspecified atom stereocenters. The maximum atomic E-state index is 12.4. The van der Waals surface area contributed by atoms with Crippen molar-refractivity contribution in [1.82, 2.24) is 9.97 Å². The first-order chi connectivity index (χ1) is 15.5. The van der Waals surface area contributed by atoms with Gasteiger partial charge in [-0.25, -0.2) is 9.97 Å². The predicted octanol–water partition coefficient (Wildman–Crippen LogP) is 3.52. The van der Waals surface area contributed by atoms with Crippen molar-refractivity contribution in [3.63, 3.8) is 0 Å². The number of nitrogens with two attached hydrogens (primary N) is 1. The molecule has 0 saturated carbocycles. The summed E-state index contributed by atoms with van der Waals surface area (Å²) in [5.41, 5.74) is 6.68. The molecule has 0 saturated heterocycles. The van der Waals surface area contributed by atoms with E-state index in [1.54, 1.807) is 49.4 Å². The highest BCUT2D eigenvalue weighted by Crippen LogP contribution is 2.31. The predicted molar refractivity (Wildman–Crippen MR) is 117 cm³/mol. The second-order valence-corrected chi connectivity index (χ2v) is 7.16. The van der Waals surface area contributed by atoms with Crippen LogP contribution in [0.3, 0.4) is 0 Å². The van der Waals surface area contributed by atoms with E-state index in [0.717, 1.165) is 0 Å². The average molecular weight is 455 g/mol. The number of ether oxygens (including phenoxy) is 3. The molecule has 0 spiro atoms. The summed E-state index contributed by atoms with van der Waals surface area (Å²) >= 11 is 6.00. The molecule has 1 aromatic heterocycles. The molecule has 1 aliphatic rings. The van der Waals surface area contributed by atoms with Crippen molar-refractivity contribution in [2.75, 3.05) is 19.8 Å². The Morgan fingerprint density at radius 1 is 1.19 bits per heavy atom. The third-order valence-corrected chi connectivity index (χ3v) is 4.60. The highest BCUT2D eigenvalue weighted by Gasteiger charge is 2.16. The van der Waals surface area contributed by atoms with Gasteiger partial charge in [-0.3, -0.25) is 4.79 Å². The molecular formula is C22H19ClN4O5. The van der Waals surface area contributed by atoms with Crippen molar-refractivity contribution in [3.8, 4) is 23.0 Å². The Kier molecular flexibility index (Phi) is 6.37. The van der Waals surface area contributed by atoms with E-state index < -0.39 is 0 Å². The maximum absolute atomic E-state index is 12.4. The smallest absolute Gasteiger partial charge is 0.203 e. The van der Waals surface area contributed by atoms with Crippen LogP contribution < -0.4 is 19.9 Å². The first kappa shape index (κ1) is 21.4. The summed E-state index contributed by atoms with van der Waals surface area (Å²) in [6.45, 7) is 2.28. The molecule has 32 heavy (non-hydrogen) atoms. The molecule has 10 heteroatoms. The Hall–Kier alpha value is -3.85. The number of hydrogen-bond acceptors (Lipinski definition) is 8. The lowest BCUT2D eigenvalue weighted by molar-refractivity contribution is 0.0774. The summed E-state index contributed by atoms with van der Waals surface area (Å²) in [6.07, 6.45) is 1.47. The number of rotatable bonds is 7. The van der Waals surface area contributed by atoms with Crippen molar-refractivity contribution < 1.29 is 23.8 Å². The minimum absolute atomic E-state index is 0.0671. The number of amidine groups is 1. The number of halogens is 1. The molecule has 0 atom stereocenters. The Bertz CT molecular complexity index is 1180. The van der Waals surface area contributed by atoms with Gasteiger partial charge in [0, 0.05) is 10.6 Å². The second kappa shape index (κ2) is 9.52. The zero-order valence-corrected chi connectivity index (χ0v) is 17.8. The number of fused-ring (bicyclic) bond motifs is 1. The SMILES string of the molecule is Cc1ncc(Oc2cccc(Cl)c2)c(C(N)=NOCC(=O)c2ccc3c(c2)OCCO3)n1. The number of aryl methyl sites for hydroxylation is 1. The van der Waals surface area contributed by atoms with Crippen molar-refractivity contribution >= 4 is 23.2 Å². The summed E-state index contributed by atoms with van der Waals surface area (Å²) < 4.78 is 16.7. The number of nitrogens with zero attached hydrogens (tertiary/aromatic N) is 3. The van der Waals surface area contributed by atoms with Gasteiger partial charge in [0.1, 0.15) is 24.8 Å². The molecule has 4 rings (SSSR count). The van der Waals surface area contributed by atoms with Gasteiger partial charge in [0.25, 0.3) is 0 Å². The van der Waals surface area contributed by atoms with E-state index >= 15 is 0 Å². The molecule has 2 N–H and O–H groups in total. The normalized spacial score (nSPS) is 12.9. The monoisotopic (exact) mass is 454 g/mol. The summed E-state index contributed by atoms with van der Waals surface area (Å²) in [5, 5.41) is 4.34. The molecule has 2 heterocycles. The first-order valence-corrected chi connectivity index (χ1v) is 10.0. The number of carbonyl (C=O) groups excluding carboxylic acids is 1. The van der Waals surface area contributed by atoms with Crippen LogP contribution in [0.4, 0.5) is 0 Å². The number of Topliss-reactive ketones (excluding diaryl/α,β-unsaturated/α-hetero) is 1. The van der Waals surface area contributed by atoms with Gasteiger partial charge in [0.15, 0.2) is 35.4 Å². The molecule has 0 aliphatic carbocycles. The fourth-order valence-electron chi connectivity index (χ4n) is 2.88. The molecular weight excluding hydrogens is 436 g/mol. The highest BCUT2D eigenvalue weighted by atomic mass is 35.5. The van der Waals surface area contributed by atoms with E-state index in [9.17, 15) is 4.79 Å². The fourth-order valence-corrected chi connectivity index (χ4v) is 3.06. The number of aromatic nitrogens is 2. The number of oxime groups is 1. The summed E-state index contributed by atoms with van der Waals surface area (Å²) in [4.78, 5) is 26.0. The van der Waals surface area contributed by atoms with Gasteiger partial charge in [0.2, 0.25) is 5.78 Å². The van der Waals surface area contributed by atoms with Gasteiger partial charge < -0.3 is 24.8 Å². The Labute approximate surface area is 188 Å². The molecule has 9 nitrogen and oxygen atoms in total. The number of benzene rings is 2. The third-order valence-electron chi connectivity index (χ3n) is 4.36. The standard InChI is InChI=1S/C22H19ClN4O5/c1-13-25-11-20(32-16-4-2-3-15(23)10-16)21(26-13)22(24)27-31-12-17(28)14-5-6-18-19(9-14)30-8-7-29-18/h2-6,9-11H,7-8,12H2,1H3,(H2,24,27). The largest absolute Gasteiger partial charge is 0.486 e. The van der Waals surface area contributed by atoms with E-state index in [-0.39, 0.29) is 29.7 Å². The zero-order valence-electron chi connectivity index (χ0n) is 17.1. The molecule has 0 amide bonds. The number of ketones is 1. The number of carbonyl (C=O) groups is 1. The van der Waals surface area contributed by atoms with Crippen LogP contribution in [0, 0.1) is 6.92 Å². The summed E-state index contributed by atoms with van der Waals surface area (Å²) in [5.74, 6) is 1.96. The van der Waals surface area contributed by atoms with E-state index in [4.69, 9.17) is 36.4 Å². The Morgan fingerprint density at radius 2 is 2.00 bits per heavy atom. The summed E-state index contributed by atoms with van der Waals surface area (Å²) in [7, 11) is 0. The van der Waals surface area contributed by atoms with Crippen LogP contribution >= 0.6 is 11.6 Å². The van der Waals surface area contributed by atoms with E-state index in [0.29, 0.717) is 46.9 Å². The third kappa shape index (κ3) is 5.06. The van der Waals surface area contributed by atoms with Crippen LogP contribution in [0.15, 0.2) is 53.8 Å². The van der Waals surface area contributed by atoms with Crippen molar-refractivity contribution in [3.05, 3.63) is 70.8 Å².